The third-order valence-corrected chi connectivity index (χ3v) is 6.09. The Labute approximate surface area is 145 Å². The molecule has 1 saturated carbocycles. The summed E-state index contributed by atoms with van der Waals surface area (Å²) in [5.74, 6) is 1.32. The van der Waals surface area contributed by atoms with Crippen molar-refractivity contribution in [3.63, 3.8) is 0 Å². The standard InChI is InChI=1S/C19H26N2O.ClH/c1-20-12-14-8-10-21(13-14)18(22)17-11-19(17)9-4-6-15-5-2-3-7-16(15)19;/h2-3,5,7,14,17,20H,4,6,8-13H2,1H3;1H. The van der Waals surface area contributed by atoms with Crippen molar-refractivity contribution < 1.29 is 4.79 Å². The van der Waals surface area contributed by atoms with Gasteiger partial charge in [-0.1, -0.05) is 24.3 Å². The van der Waals surface area contributed by atoms with Gasteiger partial charge in [0, 0.05) is 24.4 Å². The van der Waals surface area contributed by atoms with Gasteiger partial charge < -0.3 is 10.2 Å². The number of nitrogens with one attached hydrogen (secondary N) is 1. The number of aryl methyl sites for hydroxylation is 1. The van der Waals surface area contributed by atoms with E-state index >= 15 is 0 Å². The van der Waals surface area contributed by atoms with Crippen LogP contribution in [0.15, 0.2) is 24.3 Å². The molecule has 3 atom stereocenters. The number of amides is 1. The highest BCUT2D eigenvalue weighted by Gasteiger charge is 2.61. The second-order valence-corrected chi connectivity index (χ2v) is 7.42. The molecule has 1 aromatic carbocycles. The van der Waals surface area contributed by atoms with E-state index in [1.165, 1.54) is 30.4 Å². The zero-order valence-electron chi connectivity index (χ0n) is 13.9. The van der Waals surface area contributed by atoms with Crippen molar-refractivity contribution in [3.8, 4) is 0 Å². The van der Waals surface area contributed by atoms with E-state index in [0.717, 1.165) is 32.5 Å². The first-order chi connectivity index (χ1) is 10.7. The van der Waals surface area contributed by atoms with Crippen molar-refractivity contribution in [1.29, 1.82) is 0 Å². The van der Waals surface area contributed by atoms with Gasteiger partial charge in [-0.2, -0.15) is 0 Å². The predicted octanol–water partition coefficient (Wildman–Crippen LogP) is 2.77. The summed E-state index contributed by atoms with van der Waals surface area (Å²) in [6.45, 7) is 2.94. The van der Waals surface area contributed by atoms with Crippen LogP contribution >= 0.6 is 12.4 Å². The van der Waals surface area contributed by atoms with Gasteiger partial charge in [0.05, 0.1) is 0 Å². The van der Waals surface area contributed by atoms with Gasteiger partial charge in [-0.05, 0) is 62.7 Å². The molecule has 0 radical (unpaired) electrons. The first-order valence-corrected chi connectivity index (χ1v) is 8.76. The minimum absolute atomic E-state index is 0. The largest absolute Gasteiger partial charge is 0.342 e. The van der Waals surface area contributed by atoms with Crippen molar-refractivity contribution in [2.45, 2.75) is 37.5 Å². The van der Waals surface area contributed by atoms with Gasteiger partial charge in [-0.3, -0.25) is 4.79 Å². The monoisotopic (exact) mass is 334 g/mol. The van der Waals surface area contributed by atoms with E-state index in [0.29, 0.717) is 11.8 Å². The van der Waals surface area contributed by atoms with E-state index in [-0.39, 0.29) is 23.7 Å². The van der Waals surface area contributed by atoms with Crippen LogP contribution in [0.2, 0.25) is 0 Å². The van der Waals surface area contributed by atoms with E-state index in [1.807, 2.05) is 7.05 Å². The van der Waals surface area contributed by atoms with Crippen LogP contribution in [-0.4, -0.2) is 37.5 Å². The van der Waals surface area contributed by atoms with Gasteiger partial charge in [0.1, 0.15) is 0 Å². The Hall–Kier alpha value is -1.06. The highest BCUT2D eigenvalue weighted by Crippen LogP contribution is 2.61. The SMILES string of the molecule is CNCC1CCN(C(=O)C2CC23CCCc2ccccc23)C1.Cl. The number of carbonyl (C=O) groups excluding carboxylic acids is 1. The fraction of sp³-hybridized carbons (Fsp3) is 0.632. The van der Waals surface area contributed by atoms with Crippen LogP contribution in [0.3, 0.4) is 0 Å². The molecule has 126 valence electrons. The summed E-state index contributed by atoms with van der Waals surface area (Å²) >= 11 is 0. The van der Waals surface area contributed by atoms with Crippen molar-refractivity contribution in [2.24, 2.45) is 11.8 Å². The van der Waals surface area contributed by atoms with Crippen LogP contribution < -0.4 is 5.32 Å². The number of likely N-dealkylation sites (tertiary alicyclic amines) is 1. The number of carbonyl (C=O) groups is 1. The predicted molar refractivity (Wildman–Crippen MR) is 95.0 cm³/mol. The molecule has 0 aromatic heterocycles. The summed E-state index contributed by atoms with van der Waals surface area (Å²) < 4.78 is 0. The van der Waals surface area contributed by atoms with Gasteiger partial charge in [-0.15, -0.1) is 12.4 Å². The summed E-state index contributed by atoms with van der Waals surface area (Å²) in [6, 6.07) is 8.81. The molecule has 0 bridgehead atoms. The molecule has 1 saturated heterocycles. The van der Waals surface area contributed by atoms with Gasteiger partial charge in [0.2, 0.25) is 5.91 Å². The topological polar surface area (TPSA) is 32.3 Å². The molecular weight excluding hydrogens is 308 g/mol. The lowest BCUT2D eigenvalue weighted by Crippen LogP contribution is -2.34. The van der Waals surface area contributed by atoms with Gasteiger partial charge in [0.25, 0.3) is 0 Å². The lowest BCUT2D eigenvalue weighted by Gasteiger charge is -2.27. The highest BCUT2D eigenvalue weighted by atomic mass is 35.5. The maximum absolute atomic E-state index is 12.9. The zero-order valence-corrected chi connectivity index (χ0v) is 14.7. The molecule has 1 heterocycles. The molecule has 2 fully saturated rings. The summed E-state index contributed by atoms with van der Waals surface area (Å²) in [5, 5.41) is 3.25. The molecule has 1 spiro atoms. The van der Waals surface area contributed by atoms with Crippen LogP contribution in [0.25, 0.3) is 0 Å². The molecule has 3 aliphatic rings. The van der Waals surface area contributed by atoms with Crippen molar-refractivity contribution in [1.82, 2.24) is 10.2 Å². The number of benzene rings is 1. The van der Waals surface area contributed by atoms with E-state index in [1.54, 1.807) is 0 Å². The molecule has 1 aliphatic heterocycles. The van der Waals surface area contributed by atoms with Crippen LogP contribution in [0.5, 0.6) is 0 Å². The third kappa shape index (κ3) is 2.78. The molecule has 2 aliphatic carbocycles. The molecule has 23 heavy (non-hydrogen) atoms. The molecule has 3 nitrogen and oxygen atoms in total. The number of rotatable bonds is 3. The Bertz CT molecular complexity index is 590. The molecule has 4 heteroatoms. The minimum Gasteiger partial charge on any atom is -0.342 e. The Morgan fingerprint density at radius 3 is 3.04 bits per heavy atom. The van der Waals surface area contributed by atoms with E-state index in [4.69, 9.17) is 0 Å². The smallest absolute Gasteiger partial charge is 0.226 e. The van der Waals surface area contributed by atoms with Crippen LogP contribution in [0.4, 0.5) is 0 Å². The maximum atomic E-state index is 12.9. The summed E-state index contributed by atoms with van der Waals surface area (Å²) in [7, 11) is 2.00. The van der Waals surface area contributed by atoms with Crippen molar-refractivity contribution in [2.75, 3.05) is 26.7 Å². The number of hydrogen-bond donors (Lipinski definition) is 1. The molecule has 1 N–H and O–H groups in total. The van der Waals surface area contributed by atoms with Gasteiger partial charge in [-0.25, -0.2) is 0 Å². The zero-order chi connectivity index (χ0) is 15.2. The second-order valence-electron chi connectivity index (χ2n) is 7.42. The van der Waals surface area contributed by atoms with E-state index in [9.17, 15) is 4.79 Å². The molecule has 3 unspecified atom stereocenters. The average molecular weight is 335 g/mol. The van der Waals surface area contributed by atoms with Gasteiger partial charge in [0.15, 0.2) is 0 Å². The molecule has 1 aromatic rings. The first-order valence-electron chi connectivity index (χ1n) is 8.76. The van der Waals surface area contributed by atoms with Crippen LogP contribution in [0.1, 0.15) is 36.8 Å². The third-order valence-electron chi connectivity index (χ3n) is 6.09. The molecular formula is C19H27ClN2O. The van der Waals surface area contributed by atoms with Crippen LogP contribution in [0, 0.1) is 11.8 Å². The van der Waals surface area contributed by atoms with E-state index in [2.05, 4.69) is 34.5 Å². The van der Waals surface area contributed by atoms with Crippen molar-refractivity contribution in [3.05, 3.63) is 35.4 Å². The Morgan fingerprint density at radius 1 is 1.39 bits per heavy atom. The van der Waals surface area contributed by atoms with Gasteiger partial charge >= 0.3 is 0 Å². The average Bonchev–Trinajstić information content (AvgIpc) is 3.05. The van der Waals surface area contributed by atoms with E-state index < -0.39 is 0 Å². The Balaban J connectivity index is 0.00000156. The maximum Gasteiger partial charge on any atom is 0.226 e. The normalized spacial score (nSPS) is 31.6. The van der Waals surface area contributed by atoms with Crippen molar-refractivity contribution >= 4 is 18.3 Å². The highest BCUT2D eigenvalue weighted by molar-refractivity contribution is 5.85. The second kappa shape index (κ2) is 6.45. The fourth-order valence-electron chi connectivity index (χ4n) is 4.86. The molecule has 1 amide bonds. The lowest BCUT2D eigenvalue weighted by atomic mass is 9.78. The summed E-state index contributed by atoms with van der Waals surface area (Å²) in [4.78, 5) is 15.1. The Kier molecular flexibility index (Phi) is 4.70. The van der Waals surface area contributed by atoms with Crippen LogP contribution in [-0.2, 0) is 16.6 Å². The molecule has 4 rings (SSSR count). The fourth-order valence-corrected chi connectivity index (χ4v) is 4.86. The number of fused-ring (bicyclic) bond motifs is 2. The lowest BCUT2D eigenvalue weighted by molar-refractivity contribution is -0.132. The quantitative estimate of drug-likeness (QED) is 0.922. The number of nitrogens with zero attached hydrogens (tertiary/aromatic N) is 1. The Morgan fingerprint density at radius 2 is 2.22 bits per heavy atom. The number of hydrogen-bond acceptors (Lipinski definition) is 2. The summed E-state index contributed by atoms with van der Waals surface area (Å²) in [6.07, 6.45) is 5.86. The first kappa shape index (κ1) is 16.8. The summed E-state index contributed by atoms with van der Waals surface area (Å²) in [5.41, 5.74) is 3.15. The number of halogens is 1. The minimum atomic E-state index is 0.